The molecule has 0 spiro atoms. The molecule has 0 aliphatic carbocycles. The van der Waals surface area contributed by atoms with Gasteiger partial charge in [0.25, 0.3) is 0 Å². The van der Waals surface area contributed by atoms with Crippen molar-refractivity contribution in [2.24, 2.45) is 5.73 Å². The van der Waals surface area contributed by atoms with E-state index in [4.69, 9.17) is 10.5 Å². The van der Waals surface area contributed by atoms with Gasteiger partial charge in [0.1, 0.15) is 0 Å². The number of likely N-dealkylation sites (tertiary alicyclic amines) is 1. The average Bonchev–Trinajstić information content (AvgIpc) is 2.32. The number of aliphatic hydroxyl groups excluding tert-OH is 1. The van der Waals surface area contributed by atoms with Gasteiger partial charge in [-0.25, -0.2) is 0 Å². The van der Waals surface area contributed by atoms with Crippen molar-refractivity contribution in [1.29, 1.82) is 0 Å². The predicted molar refractivity (Wildman–Crippen MR) is 42.3 cm³/mol. The summed E-state index contributed by atoms with van der Waals surface area (Å²) in [5.74, 6) is 0. The molecule has 4 heteroatoms. The normalized spacial score (nSPS) is 33.0. The topological polar surface area (TPSA) is 58.7 Å². The maximum atomic E-state index is 9.38. The molecule has 0 aromatic heterocycles. The molecule has 0 aromatic carbocycles. The van der Waals surface area contributed by atoms with Crippen LogP contribution in [0.3, 0.4) is 0 Å². The van der Waals surface area contributed by atoms with Gasteiger partial charge < -0.3 is 15.6 Å². The SMILES string of the molecule is CO[C@@H]1CN(CCN)C[C@H]1O. The first-order chi connectivity index (χ1) is 5.27. The van der Waals surface area contributed by atoms with E-state index in [1.807, 2.05) is 0 Å². The lowest BCUT2D eigenvalue weighted by Crippen LogP contribution is -2.28. The molecule has 0 radical (unpaired) electrons. The lowest BCUT2D eigenvalue weighted by molar-refractivity contribution is 0.0215. The second-order valence-electron chi connectivity index (χ2n) is 2.89. The van der Waals surface area contributed by atoms with Crippen LogP contribution in [0.4, 0.5) is 0 Å². The average molecular weight is 160 g/mol. The Morgan fingerprint density at radius 3 is 2.82 bits per heavy atom. The number of aliphatic hydroxyl groups is 1. The van der Waals surface area contributed by atoms with E-state index in [9.17, 15) is 5.11 Å². The van der Waals surface area contributed by atoms with Crippen LogP contribution >= 0.6 is 0 Å². The van der Waals surface area contributed by atoms with E-state index in [-0.39, 0.29) is 12.2 Å². The van der Waals surface area contributed by atoms with E-state index in [0.717, 1.165) is 13.1 Å². The van der Waals surface area contributed by atoms with Gasteiger partial charge in [0, 0.05) is 33.3 Å². The molecule has 4 nitrogen and oxygen atoms in total. The summed E-state index contributed by atoms with van der Waals surface area (Å²) in [6, 6.07) is 0. The molecule has 1 heterocycles. The van der Waals surface area contributed by atoms with Crippen LogP contribution in [-0.2, 0) is 4.74 Å². The zero-order valence-electron chi connectivity index (χ0n) is 6.86. The molecule has 0 bridgehead atoms. The summed E-state index contributed by atoms with van der Waals surface area (Å²) < 4.78 is 5.07. The maximum absolute atomic E-state index is 9.38. The highest BCUT2D eigenvalue weighted by Gasteiger charge is 2.30. The molecule has 0 saturated carbocycles. The van der Waals surface area contributed by atoms with Gasteiger partial charge in [0.15, 0.2) is 0 Å². The zero-order chi connectivity index (χ0) is 8.27. The summed E-state index contributed by atoms with van der Waals surface area (Å²) >= 11 is 0. The Kier molecular flexibility index (Phi) is 3.26. The molecule has 0 aromatic rings. The molecular formula is C7H16N2O2. The highest BCUT2D eigenvalue weighted by atomic mass is 16.5. The molecule has 3 N–H and O–H groups in total. The summed E-state index contributed by atoms with van der Waals surface area (Å²) in [5.41, 5.74) is 5.38. The summed E-state index contributed by atoms with van der Waals surface area (Å²) in [4.78, 5) is 2.11. The summed E-state index contributed by atoms with van der Waals surface area (Å²) in [6.07, 6.45) is -0.368. The number of methoxy groups -OCH3 is 1. The minimum Gasteiger partial charge on any atom is -0.389 e. The van der Waals surface area contributed by atoms with E-state index in [1.54, 1.807) is 7.11 Å². The number of hydrogen-bond acceptors (Lipinski definition) is 4. The van der Waals surface area contributed by atoms with Crippen LogP contribution in [-0.4, -0.2) is 55.5 Å². The van der Waals surface area contributed by atoms with Crippen LogP contribution in [0.25, 0.3) is 0 Å². The van der Waals surface area contributed by atoms with Crippen molar-refractivity contribution in [3.63, 3.8) is 0 Å². The Morgan fingerprint density at radius 1 is 1.64 bits per heavy atom. The van der Waals surface area contributed by atoms with Gasteiger partial charge in [0.05, 0.1) is 12.2 Å². The third kappa shape index (κ3) is 2.13. The van der Waals surface area contributed by atoms with Crippen molar-refractivity contribution in [3.05, 3.63) is 0 Å². The van der Waals surface area contributed by atoms with Crippen LogP contribution in [0.5, 0.6) is 0 Å². The van der Waals surface area contributed by atoms with Gasteiger partial charge >= 0.3 is 0 Å². The van der Waals surface area contributed by atoms with Crippen LogP contribution < -0.4 is 5.73 Å². The zero-order valence-corrected chi connectivity index (χ0v) is 6.86. The summed E-state index contributed by atoms with van der Waals surface area (Å²) in [7, 11) is 1.62. The van der Waals surface area contributed by atoms with E-state index in [2.05, 4.69) is 4.90 Å². The molecule has 0 unspecified atom stereocenters. The Labute approximate surface area is 66.9 Å². The fourth-order valence-corrected chi connectivity index (χ4v) is 1.43. The third-order valence-electron chi connectivity index (χ3n) is 2.06. The molecule has 0 amide bonds. The monoisotopic (exact) mass is 160 g/mol. The van der Waals surface area contributed by atoms with Gasteiger partial charge in [-0.05, 0) is 0 Å². The van der Waals surface area contributed by atoms with Crippen molar-refractivity contribution in [2.75, 3.05) is 33.3 Å². The number of β-amino-alcohol motifs (C(OH)–C–C–N with tert-alkyl or cyclic N) is 1. The standard InChI is InChI=1S/C7H16N2O2/c1-11-7-5-9(3-2-8)4-6(7)10/h6-7,10H,2-5,8H2,1H3/t6-,7-/m1/s1. The van der Waals surface area contributed by atoms with Crippen molar-refractivity contribution in [3.8, 4) is 0 Å². The van der Waals surface area contributed by atoms with E-state index in [1.165, 1.54) is 0 Å². The number of nitrogens with zero attached hydrogens (tertiary/aromatic N) is 1. The second kappa shape index (κ2) is 4.01. The highest BCUT2D eigenvalue weighted by Crippen LogP contribution is 2.11. The van der Waals surface area contributed by atoms with Gasteiger partial charge in [0.2, 0.25) is 0 Å². The summed E-state index contributed by atoms with van der Waals surface area (Å²) in [5, 5.41) is 9.38. The number of hydrogen-bond donors (Lipinski definition) is 2. The summed E-state index contributed by atoms with van der Waals surface area (Å²) in [6.45, 7) is 2.98. The maximum Gasteiger partial charge on any atom is 0.0969 e. The minimum absolute atomic E-state index is 0.0263. The number of rotatable bonds is 3. The van der Waals surface area contributed by atoms with E-state index in [0.29, 0.717) is 13.1 Å². The van der Waals surface area contributed by atoms with Gasteiger partial charge in [-0.2, -0.15) is 0 Å². The Morgan fingerprint density at radius 2 is 2.36 bits per heavy atom. The minimum atomic E-state index is -0.341. The Bertz CT molecular complexity index is 121. The lowest BCUT2D eigenvalue weighted by atomic mass is 10.3. The highest BCUT2D eigenvalue weighted by molar-refractivity contribution is 4.84. The molecule has 1 aliphatic heterocycles. The van der Waals surface area contributed by atoms with Gasteiger partial charge in [-0.1, -0.05) is 0 Å². The molecule has 11 heavy (non-hydrogen) atoms. The molecule has 2 atom stereocenters. The smallest absolute Gasteiger partial charge is 0.0969 e. The largest absolute Gasteiger partial charge is 0.389 e. The molecule has 66 valence electrons. The number of nitrogens with two attached hydrogens (primary N) is 1. The first kappa shape index (κ1) is 8.93. The lowest BCUT2D eigenvalue weighted by Gasteiger charge is -2.12. The van der Waals surface area contributed by atoms with E-state index >= 15 is 0 Å². The molecule has 1 rings (SSSR count). The first-order valence-corrected chi connectivity index (χ1v) is 3.91. The molecule has 1 saturated heterocycles. The van der Waals surface area contributed by atoms with Crippen LogP contribution in [0.15, 0.2) is 0 Å². The molecular weight excluding hydrogens is 144 g/mol. The number of ether oxygens (including phenoxy) is 1. The fourth-order valence-electron chi connectivity index (χ4n) is 1.43. The molecule has 1 aliphatic rings. The quantitative estimate of drug-likeness (QED) is 0.535. The van der Waals surface area contributed by atoms with Crippen molar-refractivity contribution >= 4 is 0 Å². The van der Waals surface area contributed by atoms with E-state index < -0.39 is 0 Å². The Balaban J connectivity index is 2.30. The van der Waals surface area contributed by atoms with Crippen LogP contribution in [0.1, 0.15) is 0 Å². The van der Waals surface area contributed by atoms with Crippen molar-refractivity contribution < 1.29 is 9.84 Å². The van der Waals surface area contributed by atoms with Gasteiger partial charge in [-0.15, -0.1) is 0 Å². The Hall–Kier alpha value is -0.160. The predicted octanol–water partition coefficient (Wildman–Crippen LogP) is -1.36. The van der Waals surface area contributed by atoms with Crippen molar-refractivity contribution in [1.82, 2.24) is 4.90 Å². The fraction of sp³-hybridized carbons (Fsp3) is 1.00. The van der Waals surface area contributed by atoms with Crippen LogP contribution in [0, 0.1) is 0 Å². The second-order valence-corrected chi connectivity index (χ2v) is 2.89. The van der Waals surface area contributed by atoms with Crippen LogP contribution in [0.2, 0.25) is 0 Å². The van der Waals surface area contributed by atoms with Crippen molar-refractivity contribution in [2.45, 2.75) is 12.2 Å². The molecule has 1 fully saturated rings. The first-order valence-electron chi connectivity index (χ1n) is 3.91. The van der Waals surface area contributed by atoms with Gasteiger partial charge in [-0.3, -0.25) is 4.90 Å². The third-order valence-corrected chi connectivity index (χ3v) is 2.06.